The average molecular weight is 646 g/mol. The van der Waals surface area contributed by atoms with Crippen molar-refractivity contribution in [2.24, 2.45) is 5.10 Å². The van der Waals surface area contributed by atoms with Crippen LogP contribution in [0.5, 0.6) is 5.75 Å². The topological polar surface area (TPSA) is 98.7 Å². The zero-order chi connectivity index (χ0) is 29.2. The molecule has 0 radical (unpaired) electrons. The van der Waals surface area contributed by atoms with Crippen LogP contribution in [0.3, 0.4) is 0 Å². The molecule has 0 aliphatic carbocycles. The lowest BCUT2D eigenvalue weighted by Gasteiger charge is -2.11. The van der Waals surface area contributed by atoms with E-state index in [1.54, 1.807) is 36.4 Å². The minimum absolute atomic E-state index is 0.210. The van der Waals surface area contributed by atoms with E-state index in [1.807, 2.05) is 30.3 Å². The molecule has 0 saturated carbocycles. The van der Waals surface area contributed by atoms with E-state index in [0.717, 1.165) is 5.39 Å². The molecule has 0 bridgehead atoms. The Kier molecular flexibility index (Phi) is 7.56. The van der Waals surface area contributed by atoms with E-state index in [-0.39, 0.29) is 28.8 Å². The van der Waals surface area contributed by atoms with Crippen LogP contribution in [0.1, 0.15) is 5.56 Å². The van der Waals surface area contributed by atoms with Crippen molar-refractivity contribution in [2.45, 2.75) is 0 Å². The summed E-state index contributed by atoms with van der Waals surface area (Å²) in [6.45, 7) is -0.331. The lowest BCUT2D eigenvalue weighted by atomic mass is 10.2. The number of para-hydroxylation sites is 2. The predicted molar refractivity (Wildman–Crippen MR) is 164 cm³/mol. The van der Waals surface area contributed by atoms with Gasteiger partial charge in [0.25, 0.3) is 11.5 Å². The first-order chi connectivity index (χ1) is 20.4. The van der Waals surface area contributed by atoms with E-state index in [0.29, 0.717) is 38.0 Å². The van der Waals surface area contributed by atoms with Gasteiger partial charge in [0.05, 0.1) is 26.6 Å². The van der Waals surface area contributed by atoms with Crippen molar-refractivity contribution >= 4 is 67.2 Å². The van der Waals surface area contributed by atoms with Crippen LogP contribution in [-0.4, -0.2) is 28.4 Å². The summed E-state index contributed by atoms with van der Waals surface area (Å²) in [6.07, 6.45) is 1.46. The smallest absolute Gasteiger partial charge is 0.282 e. The molecule has 8 nitrogen and oxygen atoms in total. The van der Waals surface area contributed by atoms with Crippen LogP contribution < -0.4 is 15.6 Å². The van der Waals surface area contributed by atoms with Crippen molar-refractivity contribution in [1.82, 2.24) is 9.66 Å². The van der Waals surface area contributed by atoms with Crippen LogP contribution >= 0.6 is 27.5 Å². The van der Waals surface area contributed by atoms with Crippen LogP contribution in [0.4, 0.5) is 10.1 Å². The van der Waals surface area contributed by atoms with Gasteiger partial charge in [0, 0.05) is 11.1 Å². The summed E-state index contributed by atoms with van der Waals surface area (Å²) in [7, 11) is 0. The van der Waals surface area contributed by atoms with Crippen LogP contribution in [0, 0.1) is 5.82 Å². The molecule has 0 aliphatic heterocycles. The molecule has 0 aliphatic rings. The summed E-state index contributed by atoms with van der Waals surface area (Å²) in [5, 5.41) is 8.55. The van der Waals surface area contributed by atoms with Crippen LogP contribution in [0.2, 0.25) is 5.02 Å². The number of carbonyl (C=O) groups excluding carboxylic acids is 1. The first kappa shape index (κ1) is 27.4. The monoisotopic (exact) mass is 644 g/mol. The number of rotatable bonds is 7. The van der Waals surface area contributed by atoms with Gasteiger partial charge in [0.2, 0.25) is 5.82 Å². The number of hydrogen-bond acceptors (Lipinski definition) is 6. The third-order valence-corrected chi connectivity index (χ3v) is 7.09. The lowest BCUT2D eigenvalue weighted by molar-refractivity contribution is -0.118. The Morgan fingerprint density at radius 2 is 1.83 bits per heavy atom. The molecule has 208 valence electrons. The van der Waals surface area contributed by atoms with Crippen molar-refractivity contribution in [3.05, 3.63) is 122 Å². The quantitative estimate of drug-likeness (QED) is 0.184. The Morgan fingerprint density at radius 1 is 1.07 bits per heavy atom. The van der Waals surface area contributed by atoms with Gasteiger partial charge in [-0.05, 0) is 82.2 Å². The van der Waals surface area contributed by atoms with Crippen molar-refractivity contribution in [1.29, 1.82) is 0 Å². The van der Waals surface area contributed by atoms with E-state index >= 15 is 0 Å². The molecule has 42 heavy (non-hydrogen) atoms. The van der Waals surface area contributed by atoms with Gasteiger partial charge in [-0.25, -0.2) is 9.37 Å². The molecule has 0 saturated heterocycles. The van der Waals surface area contributed by atoms with Gasteiger partial charge in [0.15, 0.2) is 18.1 Å². The number of hydrogen-bond donors (Lipinski definition) is 1. The zero-order valence-corrected chi connectivity index (χ0v) is 23.9. The minimum atomic E-state index is -0.448. The van der Waals surface area contributed by atoms with Gasteiger partial charge < -0.3 is 14.5 Å². The number of aromatic nitrogens is 2. The molecular formula is C31H19BrClFN4O4. The third-order valence-electron chi connectivity index (χ3n) is 6.22. The fourth-order valence-electron chi connectivity index (χ4n) is 4.27. The molecule has 1 amide bonds. The van der Waals surface area contributed by atoms with E-state index < -0.39 is 11.7 Å². The first-order valence-electron chi connectivity index (χ1n) is 12.6. The van der Waals surface area contributed by atoms with Crippen LogP contribution in [0.25, 0.3) is 33.5 Å². The molecule has 6 rings (SSSR count). The Morgan fingerprint density at radius 3 is 2.62 bits per heavy atom. The highest BCUT2D eigenvalue weighted by molar-refractivity contribution is 9.10. The van der Waals surface area contributed by atoms with E-state index in [2.05, 4.69) is 31.3 Å². The molecular weight excluding hydrogens is 627 g/mol. The van der Waals surface area contributed by atoms with Gasteiger partial charge in [-0.15, -0.1) is 0 Å². The van der Waals surface area contributed by atoms with Gasteiger partial charge in [-0.3, -0.25) is 9.59 Å². The zero-order valence-electron chi connectivity index (χ0n) is 21.6. The number of fused-ring (bicyclic) bond motifs is 2. The highest BCUT2D eigenvalue weighted by Crippen LogP contribution is 2.34. The highest BCUT2D eigenvalue weighted by Gasteiger charge is 2.17. The normalized spacial score (nSPS) is 11.4. The number of anilines is 1. The van der Waals surface area contributed by atoms with Crippen LogP contribution in [-0.2, 0) is 4.79 Å². The minimum Gasteiger partial charge on any atom is -0.481 e. The number of furan rings is 1. The maximum Gasteiger partial charge on any atom is 0.282 e. The molecule has 4 aromatic carbocycles. The van der Waals surface area contributed by atoms with Gasteiger partial charge in [-0.2, -0.15) is 9.78 Å². The molecule has 0 unspecified atom stereocenters. The van der Waals surface area contributed by atoms with Crippen molar-refractivity contribution < 1.29 is 18.3 Å². The molecule has 11 heteroatoms. The fourth-order valence-corrected chi connectivity index (χ4v) is 5.26. The van der Waals surface area contributed by atoms with Gasteiger partial charge >= 0.3 is 0 Å². The molecule has 0 atom stereocenters. The molecule has 2 aromatic heterocycles. The largest absolute Gasteiger partial charge is 0.481 e. The van der Waals surface area contributed by atoms with Crippen molar-refractivity contribution in [2.75, 3.05) is 11.9 Å². The summed E-state index contributed by atoms with van der Waals surface area (Å²) in [6, 6.07) is 25.0. The number of halogens is 3. The Hall–Kier alpha value is -4.80. The second-order valence-electron chi connectivity index (χ2n) is 9.12. The second kappa shape index (κ2) is 11.6. The Balaban J connectivity index is 1.28. The summed E-state index contributed by atoms with van der Waals surface area (Å²) in [5.41, 5.74) is 1.78. The molecule has 6 aromatic rings. The Bertz CT molecular complexity index is 2000. The summed E-state index contributed by atoms with van der Waals surface area (Å²) in [5.74, 6) is 0.0182. The maximum atomic E-state index is 13.5. The Labute approximate surface area is 251 Å². The lowest BCUT2D eigenvalue weighted by Crippen LogP contribution is -2.20. The summed E-state index contributed by atoms with van der Waals surface area (Å²) < 4.78 is 26.4. The van der Waals surface area contributed by atoms with E-state index in [9.17, 15) is 14.0 Å². The molecule has 0 spiro atoms. The molecule has 0 fully saturated rings. The predicted octanol–water partition coefficient (Wildman–Crippen LogP) is 7.26. The number of amides is 1. The maximum absolute atomic E-state index is 13.5. The average Bonchev–Trinajstić information content (AvgIpc) is 3.42. The fraction of sp³-hybridized carbons (Fsp3) is 0.0323. The third kappa shape index (κ3) is 5.67. The van der Waals surface area contributed by atoms with Crippen molar-refractivity contribution in [3.63, 3.8) is 0 Å². The number of ether oxygens (including phenoxy) is 1. The standard InChI is InChI=1S/C31H19BrClFN4O4/c32-23-13-18(14-24(33)29(23)41-17-28(39)36-21-11-9-20(34)10-12-21)16-35-38-30(27-15-19-5-1-4-8-26(19)42-27)37-25-7-3-2-6-22(25)31(38)40/h1-16H,17H2,(H,36,39). The van der Waals surface area contributed by atoms with E-state index in [4.69, 9.17) is 20.8 Å². The molecule has 2 heterocycles. The number of carbonyl (C=O) groups is 1. The number of nitrogens with one attached hydrogen (secondary N) is 1. The number of nitrogens with zero attached hydrogens (tertiary/aromatic N) is 3. The van der Waals surface area contributed by atoms with Crippen molar-refractivity contribution in [3.8, 4) is 17.3 Å². The van der Waals surface area contributed by atoms with Crippen LogP contribution in [0.15, 0.2) is 110 Å². The van der Waals surface area contributed by atoms with E-state index in [1.165, 1.54) is 35.2 Å². The SMILES string of the molecule is O=C(COc1c(Cl)cc(C=Nn2c(-c3cc4ccccc4o3)nc3ccccc3c2=O)cc1Br)Nc1ccc(F)cc1. The first-order valence-corrected chi connectivity index (χ1v) is 13.8. The second-order valence-corrected chi connectivity index (χ2v) is 10.4. The molecule has 1 N–H and O–H groups in total. The summed E-state index contributed by atoms with van der Waals surface area (Å²) >= 11 is 9.90. The highest BCUT2D eigenvalue weighted by atomic mass is 79.9. The number of benzene rings is 4. The van der Waals surface area contributed by atoms with Gasteiger partial charge in [0.1, 0.15) is 11.4 Å². The summed E-state index contributed by atoms with van der Waals surface area (Å²) in [4.78, 5) is 30.5. The van der Waals surface area contributed by atoms with Gasteiger partial charge in [-0.1, -0.05) is 41.9 Å².